The number of aromatic nitrogens is 1. The summed E-state index contributed by atoms with van der Waals surface area (Å²) in [5, 5.41) is 9.45. The highest BCUT2D eigenvalue weighted by Crippen LogP contribution is 2.34. The molecule has 1 saturated heterocycles. The lowest BCUT2D eigenvalue weighted by Crippen LogP contribution is -2.47. The molecule has 3 rings (SSSR count). The molecule has 136 valence electrons. The van der Waals surface area contributed by atoms with E-state index in [0.29, 0.717) is 25.9 Å². The van der Waals surface area contributed by atoms with Gasteiger partial charge in [-0.2, -0.15) is 0 Å². The average molecular weight is 354 g/mol. The topological polar surface area (TPSA) is 94.6 Å². The Morgan fingerprint density at radius 3 is 2.69 bits per heavy atom. The van der Waals surface area contributed by atoms with Gasteiger partial charge in [0.2, 0.25) is 5.91 Å². The zero-order valence-corrected chi connectivity index (χ0v) is 14.3. The largest absolute Gasteiger partial charge is 0.465 e. The molecule has 0 spiro atoms. The molecule has 0 saturated carbocycles. The van der Waals surface area contributed by atoms with Crippen LogP contribution in [0.2, 0.25) is 0 Å². The van der Waals surface area contributed by atoms with Crippen LogP contribution in [0.5, 0.6) is 0 Å². The Balaban J connectivity index is 1.60. The van der Waals surface area contributed by atoms with Gasteiger partial charge in [-0.05, 0) is 30.0 Å². The van der Waals surface area contributed by atoms with E-state index in [2.05, 4.69) is 15.8 Å². The molecular weight excluding hydrogens is 332 g/mol. The zero-order chi connectivity index (χ0) is 18.4. The minimum Gasteiger partial charge on any atom is -0.465 e. The van der Waals surface area contributed by atoms with Gasteiger partial charge in [0.05, 0.1) is 6.04 Å². The standard InChI is InChI=1S/C19H22N4O3/c24-18(22-21-12-14-5-2-1-3-6-14)15-8-10-23(19(25)26)17(11-15)16-7-4-9-20-13-16/h1-7,9,13,15,17,21H,8,10-12H2,(H,22,24)(H,25,26). The van der Waals surface area contributed by atoms with E-state index in [0.717, 1.165) is 11.1 Å². The van der Waals surface area contributed by atoms with E-state index >= 15 is 0 Å². The number of carbonyl (C=O) groups is 2. The maximum Gasteiger partial charge on any atom is 0.407 e. The van der Waals surface area contributed by atoms with E-state index in [9.17, 15) is 14.7 Å². The average Bonchev–Trinajstić information content (AvgIpc) is 2.69. The normalized spacial score (nSPS) is 19.8. The van der Waals surface area contributed by atoms with Crippen molar-refractivity contribution in [1.82, 2.24) is 20.7 Å². The molecule has 3 N–H and O–H groups in total. The van der Waals surface area contributed by atoms with Crippen LogP contribution in [0, 0.1) is 5.92 Å². The number of carbonyl (C=O) groups excluding carboxylic acids is 1. The van der Waals surface area contributed by atoms with Crippen molar-refractivity contribution in [3.63, 3.8) is 0 Å². The zero-order valence-electron chi connectivity index (χ0n) is 14.3. The molecule has 2 aromatic rings. The number of hydrogen-bond acceptors (Lipinski definition) is 4. The summed E-state index contributed by atoms with van der Waals surface area (Å²) in [6, 6.07) is 13.0. The van der Waals surface area contributed by atoms with Gasteiger partial charge in [0, 0.05) is 31.4 Å². The van der Waals surface area contributed by atoms with E-state index in [1.165, 1.54) is 4.90 Å². The van der Waals surface area contributed by atoms with Crippen molar-refractivity contribution in [2.45, 2.75) is 25.4 Å². The van der Waals surface area contributed by atoms with E-state index in [-0.39, 0.29) is 17.9 Å². The number of amides is 2. The number of carboxylic acid groups (broad SMARTS) is 1. The van der Waals surface area contributed by atoms with Crippen LogP contribution in [0.15, 0.2) is 54.9 Å². The van der Waals surface area contributed by atoms with Crippen LogP contribution in [-0.2, 0) is 11.3 Å². The molecule has 1 aromatic heterocycles. The van der Waals surface area contributed by atoms with Crippen LogP contribution in [0.3, 0.4) is 0 Å². The minimum atomic E-state index is -0.972. The van der Waals surface area contributed by atoms with Gasteiger partial charge in [-0.25, -0.2) is 10.2 Å². The van der Waals surface area contributed by atoms with Gasteiger partial charge in [-0.3, -0.25) is 15.2 Å². The monoisotopic (exact) mass is 354 g/mol. The Morgan fingerprint density at radius 1 is 1.19 bits per heavy atom. The van der Waals surface area contributed by atoms with Crippen molar-refractivity contribution in [1.29, 1.82) is 0 Å². The molecule has 0 radical (unpaired) electrons. The van der Waals surface area contributed by atoms with Crippen LogP contribution in [0.25, 0.3) is 0 Å². The highest BCUT2D eigenvalue weighted by molar-refractivity contribution is 5.78. The lowest BCUT2D eigenvalue weighted by atomic mass is 9.87. The van der Waals surface area contributed by atoms with E-state index in [1.54, 1.807) is 18.5 Å². The fraction of sp³-hybridized carbons (Fsp3) is 0.316. The lowest BCUT2D eigenvalue weighted by molar-refractivity contribution is -0.128. The first-order chi connectivity index (χ1) is 12.6. The molecule has 2 heterocycles. The molecule has 7 nitrogen and oxygen atoms in total. The van der Waals surface area contributed by atoms with Gasteiger partial charge < -0.3 is 10.0 Å². The molecule has 7 heteroatoms. The van der Waals surface area contributed by atoms with Crippen LogP contribution in [0.1, 0.15) is 30.0 Å². The third-order valence-electron chi connectivity index (χ3n) is 4.64. The number of piperidine rings is 1. The van der Waals surface area contributed by atoms with Crippen molar-refractivity contribution < 1.29 is 14.7 Å². The summed E-state index contributed by atoms with van der Waals surface area (Å²) in [5.41, 5.74) is 7.57. The number of pyridine rings is 1. The molecule has 0 aliphatic carbocycles. The number of nitrogens with one attached hydrogen (secondary N) is 2. The first kappa shape index (κ1) is 17.9. The summed E-state index contributed by atoms with van der Waals surface area (Å²) >= 11 is 0. The van der Waals surface area contributed by atoms with Gasteiger partial charge in [0.15, 0.2) is 0 Å². The summed E-state index contributed by atoms with van der Waals surface area (Å²) in [6.07, 6.45) is 3.28. The van der Waals surface area contributed by atoms with Gasteiger partial charge in [0.25, 0.3) is 0 Å². The van der Waals surface area contributed by atoms with Crippen LogP contribution in [0.4, 0.5) is 4.79 Å². The third kappa shape index (κ3) is 4.37. The van der Waals surface area contributed by atoms with Crippen LogP contribution < -0.4 is 10.9 Å². The molecular formula is C19H22N4O3. The molecule has 2 atom stereocenters. The van der Waals surface area contributed by atoms with Gasteiger partial charge >= 0.3 is 6.09 Å². The van der Waals surface area contributed by atoms with Crippen molar-refractivity contribution in [3.8, 4) is 0 Å². The van der Waals surface area contributed by atoms with Crippen molar-refractivity contribution >= 4 is 12.0 Å². The molecule has 1 aromatic carbocycles. The number of rotatable bonds is 5. The number of hydrogen-bond donors (Lipinski definition) is 3. The predicted molar refractivity (Wildman–Crippen MR) is 95.9 cm³/mol. The second-order valence-corrected chi connectivity index (χ2v) is 6.33. The summed E-state index contributed by atoms with van der Waals surface area (Å²) in [7, 11) is 0. The molecule has 1 aliphatic rings. The lowest BCUT2D eigenvalue weighted by Gasteiger charge is -2.37. The Kier molecular flexibility index (Phi) is 5.80. The van der Waals surface area contributed by atoms with E-state index < -0.39 is 6.09 Å². The summed E-state index contributed by atoms with van der Waals surface area (Å²) in [4.78, 5) is 29.5. The highest BCUT2D eigenvalue weighted by Gasteiger charge is 2.35. The Morgan fingerprint density at radius 2 is 2.00 bits per heavy atom. The van der Waals surface area contributed by atoms with Crippen molar-refractivity contribution in [3.05, 3.63) is 66.0 Å². The number of nitrogens with zero attached hydrogens (tertiary/aromatic N) is 2. The fourth-order valence-electron chi connectivity index (χ4n) is 3.25. The van der Waals surface area contributed by atoms with Gasteiger partial charge in [0.1, 0.15) is 0 Å². The molecule has 2 amide bonds. The van der Waals surface area contributed by atoms with Crippen LogP contribution >= 0.6 is 0 Å². The first-order valence-electron chi connectivity index (χ1n) is 8.61. The predicted octanol–water partition coefficient (Wildman–Crippen LogP) is 2.33. The molecule has 2 unspecified atom stereocenters. The Hall–Kier alpha value is -2.93. The number of hydrazine groups is 1. The van der Waals surface area contributed by atoms with E-state index in [1.807, 2.05) is 36.4 Å². The second kappa shape index (κ2) is 8.44. The Bertz CT molecular complexity index is 739. The first-order valence-corrected chi connectivity index (χ1v) is 8.61. The van der Waals surface area contributed by atoms with Crippen molar-refractivity contribution in [2.24, 2.45) is 5.92 Å². The third-order valence-corrected chi connectivity index (χ3v) is 4.64. The maximum absolute atomic E-state index is 12.5. The molecule has 1 fully saturated rings. The summed E-state index contributed by atoms with van der Waals surface area (Å²) < 4.78 is 0. The SMILES string of the molecule is O=C(NNCc1ccccc1)C1CCN(C(=O)O)C(c2cccnc2)C1. The molecule has 26 heavy (non-hydrogen) atoms. The quantitative estimate of drug-likeness (QED) is 0.717. The van der Waals surface area contributed by atoms with Gasteiger partial charge in [-0.15, -0.1) is 0 Å². The van der Waals surface area contributed by atoms with Crippen molar-refractivity contribution in [2.75, 3.05) is 6.54 Å². The fourth-order valence-corrected chi connectivity index (χ4v) is 3.25. The van der Waals surface area contributed by atoms with E-state index in [4.69, 9.17) is 0 Å². The highest BCUT2D eigenvalue weighted by atomic mass is 16.4. The Labute approximate surface area is 152 Å². The molecule has 0 bridgehead atoms. The van der Waals surface area contributed by atoms with Gasteiger partial charge in [-0.1, -0.05) is 36.4 Å². The molecule has 1 aliphatic heterocycles. The summed E-state index contributed by atoms with van der Waals surface area (Å²) in [5.74, 6) is -0.362. The second-order valence-electron chi connectivity index (χ2n) is 6.33. The van der Waals surface area contributed by atoms with Crippen LogP contribution in [-0.4, -0.2) is 33.5 Å². The maximum atomic E-state index is 12.5. The number of benzene rings is 1. The minimum absolute atomic E-state index is 0.111. The summed E-state index contributed by atoms with van der Waals surface area (Å²) in [6.45, 7) is 0.859. The smallest absolute Gasteiger partial charge is 0.407 e. The number of likely N-dealkylation sites (tertiary alicyclic amines) is 1.